The number of imidazole rings is 2. The number of hydrogen-bond donors (Lipinski definition) is 0. The predicted molar refractivity (Wildman–Crippen MR) is 94.7 cm³/mol. The summed E-state index contributed by atoms with van der Waals surface area (Å²) in [6.07, 6.45) is 8.09. The highest BCUT2D eigenvalue weighted by molar-refractivity contribution is 5.79. The third-order valence-corrected chi connectivity index (χ3v) is 4.68. The molecule has 0 spiro atoms. The van der Waals surface area contributed by atoms with Crippen molar-refractivity contribution in [2.24, 2.45) is 5.92 Å². The molecule has 0 N–H and O–H groups in total. The third kappa shape index (κ3) is 2.76. The first kappa shape index (κ1) is 15.1. The van der Waals surface area contributed by atoms with Crippen LogP contribution in [-0.4, -0.2) is 32.3 Å². The van der Waals surface area contributed by atoms with E-state index in [0.29, 0.717) is 5.92 Å². The Morgan fingerprint density at radius 2 is 2.21 bits per heavy atom. The Labute approximate surface area is 141 Å². The number of aryl methyl sites for hydroxylation is 1. The van der Waals surface area contributed by atoms with Crippen molar-refractivity contribution in [3.63, 3.8) is 0 Å². The summed E-state index contributed by atoms with van der Waals surface area (Å²) in [6.45, 7) is 7.34. The van der Waals surface area contributed by atoms with Crippen molar-refractivity contribution in [2.45, 2.75) is 25.9 Å². The van der Waals surface area contributed by atoms with Crippen molar-refractivity contribution < 1.29 is 4.74 Å². The van der Waals surface area contributed by atoms with Gasteiger partial charge in [-0.15, -0.1) is 6.58 Å². The zero-order chi connectivity index (χ0) is 16.4. The largest absolute Gasteiger partial charge is 0.381 e. The van der Waals surface area contributed by atoms with E-state index >= 15 is 0 Å². The van der Waals surface area contributed by atoms with Gasteiger partial charge in [0, 0.05) is 38.7 Å². The molecular formula is C19H22N4O. The Morgan fingerprint density at radius 3 is 3.04 bits per heavy atom. The van der Waals surface area contributed by atoms with Gasteiger partial charge in [-0.1, -0.05) is 18.2 Å². The van der Waals surface area contributed by atoms with E-state index in [4.69, 9.17) is 9.72 Å². The number of rotatable bonds is 6. The number of hydrogen-bond acceptors (Lipinski definition) is 3. The van der Waals surface area contributed by atoms with Gasteiger partial charge in [0.05, 0.1) is 11.0 Å². The summed E-state index contributed by atoms with van der Waals surface area (Å²) in [5.41, 5.74) is 2.11. The Kier molecular flexibility index (Phi) is 4.17. The molecule has 124 valence electrons. The summed E-state index contributed by atoms with van der Waals surface area (Å²) in [6, 6.07) is 8.20. The first-order valence-electron chi connectivity index (χ1n) is 8.52. The molecule has 1 aliphatic rings. The van der Waals surface area contributed by atoms with Crippen LogP contribution in [0.4, 0.5) is 0 Å². The normalized spacial score (nSPS) is 17.6. The van der Waals surface area contributed by atoms with Crippen LogP contribution in [0.15, 0.2) is 49.3 Å². The summed E-state index contributed by atoms with van der Waals surface area (Å²) in [5.74, 6) is 2.49. The van der Waals surface area contributed by atoms with Gasteiger partial charge in [-0.25, -0.2) is 9.97 Å². The molecule has 0 radical (unpaired) electrons. The maximum Gasteiger partial charge on any atom is 0.177 e. The number of benzene rings is 1. The van der Waals surface area contributed by atoms with E-state index in [1.165, 1.54) is 6.42 Å². The van der Waals surface area contributed by atoms with Crippen molar-refractivity contribution in [3.05, 3.63) is 49.3 Å². The average molecular weight is 322 g/mol. The molecule has 0 unspecified atom stereocenters. The molecule has 1 atom stereocenters. The Bertz CT molecular complexity index is 842. The zero-order valence-electron chi connectivity index (χ0n) is 13.8. The molecule has 1 aliphatic heterocycles. The number of allylic oxidation sites excluding steroid dienone is 1. The first-order valence-corrected chi connectivity index (χ1v) is 8.52. The fourth-order valence-corrected chi connectivity index (χ4v) is 3.39. The lowest BCUT2D eigenvalue weighted by Crippen LogP contribution is -2.09. The monoisotopic (exact) mass is 322 g/mol. The SMILES string of the molecule is C=CCn1c(-c2nccn2CC[C@@H]2CCOC2)nc2ccccc21. The summed E-state index contributed by atoms with van der Waals surface area (Å²) >= 11 is 0. The average Bonchev–Trinajstić information content (AvgIpc) is 3.33. The molecule has 0 amide bonds. The standard InChI is InChI=1S/C19H22N4O/c1-2-10-23-17-6-4-3-5-16(17)21-19(23)18-20-9-12-22(18)11-7-15-8-13-24-14-15/h2-6,9,12,15H,1,7-8,10-11,13-14H2/t15-/m1/s1. The van der Waals surface area contributed by atoms with Crippen LogP contribution in [-0.2, 0) is 17.8 Å². The molecule has 0 bridgehead atoms. The smallest absolute Gasteiger partial charge is 0.177 e. The first-order chi connectivity index (χ1) is 11.9. The quantitative estimate of drug-likeness (QED) is 0.652. The van der Waals surface area contributed by atoms with Crippen molar-refractivity contribution in [3.8, 4) is 11.6 Å². The molecular weight excluding hydrogens is 300 g/mol. The van der Waals surface area contributed by atoms with Crippen LogP contribution in [0.25, 0.3) is 22.7 Å². The number of ether oxygens (including phenoxy) is 1. The summed E-state index contributed by atoms with van der Waals surface area (Å²) < 4.78 is 9.87. The van der Waals surface area contributed by atoms with Crippen LogP contribution in [0.1, 0.15) is 12.8 Å². The van der Waals surface area contributed by atoms with E-state index in [1.807, 2.05) is 36.7 Å². The molecule has 3 heterocycles. The molecule has 3 aromatic rings. The topological polar surface area (TPSA) is 44.9 Å². The van der Waals surface area contributed by atoms with Crippen LogP contribution in [0.3, 0.4) is 0 Å². The second-order valence-corrected chi connectivity index (χ2v) is 6.29. The van der Waals surface area contributed by atoms with Gasteiger partial charge in [0.2, 0.25) is 0 Å². The molecule has 1 fully saturated rings. The van der Waals surface area contributed by atoms with E-state index in [2.05, 4.69) is 26.8 Å². The van der Waals surface area contributed by atoms with E-state index < -0.39 is 0 Å². The third-order valence-electron chi connectivity index (χ3n) is 4.68. The molecule has 5 heteroatoms. The van der Waals surface area contributed by atoms with Crippen LogP contribution >= 0.6 is 0 Å². The van der Waals surface area contributed by atoms with Gasteiger partial charge in [-0.05, 0) is 30.9 Å². The van der Waals surface area contributed by atoms with E-state index in [0.717, 1.165) is 55.4 Å². The molecule has 0 aliphatic carbocycles. The number of nitrogens with zero attached hydrogens (tertiary/aromatic N) is 4. The van der Waals surface area contributed by atoms with Gasteiger partial charge in [-0.2, -0.15) is 0 Å². The highest BCUT2D eigenvalue weighted by Gasteiger charge is 2.19. The maximum atomic E-state index is 5.48. The minimum Gasteiger partial charge on any atom is -0.381 e. The van der Waals surface area contributed by atoms with Gasteiger partial charge >= 0.3 is 0 Å². The van der Waals surface area contributed by atoms with Crippen molar-refractivity contribution in [1.82, 2.24) is 19.1 Å². The minimum atomic E-state index is 0.659. The van der Waals surface area contributed by atoms with Gasteiger partial charge in [-0.3, -0.25) is 0 Å². The Balaban J connectivity index is 1.68. The number of fused-ring (bicyclic) bond motifs is 1. The Morgan fingerprint density at radius 1 is 1.29 bits per heavy atom. The van der Waals surface area contributed by atoms with Crippen LogP contribution in [0.2, 0.25) is 0 Å². The van der Waals surface area contributed by atoms with Crippen molar-refractivity contribution >= 4 is 11.0 Å². The summed E-state index contributed by atoms with van der Waals surface area (Å²) in [7, 11) is 0. The molecule has 1 saturated heterocycles. The van der Waals surface area contributed by atoms with E-state index in [-0.39, 0.29) is 0 Å². The number of aromatic nitrogens is 4. The van der Waals surface area contributed by atoms with Crippen molar-refractivity contribution in [2.75, 3.05) is 13.2 Å². The lowest BCUT2D eigenvalue weighted by Gasteiger charge is -2.12. The van der Waals surface area contributed by atoms with Crippen LogP contribution < -0.4 is 0 Å². The predicted octanol–water partition coefficient (Wildman–Crippen LogP) is 3.51. The minimum absolute atomic E-state index is 0.659. The van der Waals surface area contributed by atoms with Gasteiger partial charge < -0.3 is 13.9 Å². The van der Waals surface area contributed by atoms with Gasteiger partial charge in [0.25, 0.3) is 0 Å². The molecule has 2 aromatic heterocycles. The lowest BCUT2D eigenvalue weighted by atomic mass is 10.1. The van der Waals surface area contributed by atoms with Crippen LogP contribution in [0.5, 0.6) is 0 Å². The summed E-state index contributed by atoms with van der Waals surface area (Å²) in [4.78, 5) is 9.41. The summed E-state index contributed by atoms with van der Waals surface area (Å²) in [5, 5.41) is 0. The second kappa shape index (κ2) is 6.61. The lowest BCUT2D eigenvalue weighted by molar-refractivity contribution is 0.183. The van der Waals surface area contributed by atoms with Crippen molar-refractivity contribution in [1.29, 1.82) is 0 Å². The maximum absolute atomic E-state index is 5.48. The number of para-hydroxylation sites is 2. The van der Waals surface area contributed by atoms with Gasteiger partial charge in [0.15, 0.2) is 11.6 Å². The Hall–Kier alpha value is -2.40. The molecule has 4 rings (SSSR count). The molecule has 0 saturated carbocycles. The fourth-order valence-electron chi connectivity index (χ4n) is 3.39. The highest BCUT2D eigenvalue weighted by atomic mass is 16.5. The zero-order valence-corrected chi connectivity index (χ0v) is 13.8. The molecule has 24 heavy (non-hydrogen) atoms. The molecule has 1 aromatic carbocycles. The second-order valence-electron chi connectivity index (χ2n) is 6.29. The van der Waals surface area contributed by atoms with E-state index in [1.54, 1.807) is 0 Å². The van der Waals surface area contributed by atoms with Gasteiger partial charge in [0.1, 0.15) is 0 Å². The molecule has 5 nitrogen and oxygen atoms in total. The highest BCUT2D eigenvalue weighted by Crippen LogP contribution is 2.25. The fraction of sp³-hybridized carbons (Fsp3) is 0.368. The van der Waals surface area contributed by atoms with Crippen LogP contribution in [0, 0.1) is 5.92 Å². The van der Waals surface area contributed by atoms with E-state index in [9.17, 15) is 0 Å².